The van der Waals surface area contributed by atoms with Crippen LogP contribution in [0.5, 0.6) is 0 Å². The summed E-state index contributed by atoms with van der Waals surface area (Å²) in [5, 5.41) is 41.5. The molecule has 0 aliphatic carbocycles. The van der Waals surface area contributed by atoms with Crippen LogP contribution >= 0.6 is 0 Å². The molecule has 3 fully saturated rings. The molecule has 8 atom stereocenters. The largest absolute Gasteiger partial charge is 0.490 e. The maximum Gasteiger partial charge on any atom is 0.490 e. The molecule has 3 aliphatic rings. The summed E-state index contributed by atoms with van der Waals surface area (Å²) in [6.07, 6.45) is -9.61. The number of aliphatic carboxylic acids is 1. The third-order valence-electron chi connectivity index (χ3n) is 7.06. The van der Waals surface area contributed by atoms with Crippen molar-refractivity contribution in [2.24, 2.45) is 5.73 Å². The number of nitrogens with two attached hydrogens (primary N) is 1. The number of rotatable bonds is 11. The molecule has 0 bridgehead atoms. The van der Waals surface area contributed by atoms with Gasteiger partial charge in [0.05, 0.1) is 12.2 Å². The first-order valence-electron chi connectivity index (χ1n) is 13.5. The monoisotopic (exact) mass is 627 g/mol. The van der Waals surface area contributed by atoms with Crippen LogP contribution in [-0.4, -0.2) is 129 Å². The fourth-order valence-electron chi connectivity index (χ4n) is 4.84. The first kappa shape index (κ1) is 34.6. The molecule has 3 saturated heterocycles. The van der Waals surface area contributed by atoms with Crippen molar-refractivity contribution < 1.29 is 57.4 Å². The van der Waals surface area contributed by atoms with Gasteiger partial charge in [-0.2, -0.15) is 13.2 Å². The SMILES string of the molecule is NC[C@H]1O[C@@H](O[C@@H](CNCCCN2CCCC2=O)[C@@H]2C[C@@H](O)[C@H](n3ccc(=O)[nH]c3=O)O2)[C@H](O)[C@@H]1O.O=C(O)C(F)(F)F. The second-order valence-electron chi connectivity index (χ2n) is 10.2. The second-order valence-corrected chi connectivity index (χ2v) is 10.2. The number of nitrogens with zero attached hydrogens (tertiary/aromatic N) is 2. The molecule has 1 aromatic heterocycles. The predicted molar refractivity (Wildman–Crippen MR) is 137 cm³/mol. The van der Waals surface area contributed by atoms with Gasteiger partial charge >= 0.3 is 17.8 Å². The van der Waals surface area contributed by atoms with E-state index in [0.29, 0.717) is 19.5 Å². The Bertz CT molecular complexity index is 1200. The highest BCUT2D eigenvalue weighted by Gasteiger charge is 2.47. The van der Waals surface area contributed by atoms with E-state index in [9.17, 15) is 42.9 Å². The first-order valence-corrected chi connectivity index (χ1v) is 13.5. The van der Waals surface area contributed by atoms with Gasteiger partial charge in [0.2, 0.25) is 5.91 Å². The minimum Gasteiger partial charge on any atom is -0.475 e. The van der Waals surface area contributed by atoms with E-state index in [2.05, 4.69) is 10.3 Å². The molecular formula is C24H36F3N5O11. The molecule has 244 valence electrons. The molecule has 4 rings (SSSR count). The molecule has 4 heterocycles. The quantitative estimate of drug-likeness (QED) is 0.123. The number of hydrogen-bond acceptors (Lipinski definition) is 12. The number of halogens is 3. The number of ether oxygens (including phenoxy) is 3. The smallest absolute Gasteiger partial charge is 0.475 e. The number of likely N-dealkylation sites (tertiary alicyclic amines) is 1. The van der Waals surface area contributed by atoms with Gasteiger partial charge < -0.3 is 50.6 Å². The van der Waals surface area contributed by atoms with Crippen LogP contribution in [0.15, 0.2) is 21.9 Å². The molecule has 0 radical (unpaired) electrons. The van der Waals surface area contributed by atoms with Gasteiger partial charge in [-0.25, -0.2) is 9.59 Å². The van der Waals surface area contributed by atoms with Gasteiger partial charge in [-0.05, 0) is 19.4 Å². The number of amides is 1. The predicted octanol–water partition coefficient (Wildman–Crippen LogP) is -2.79. The molecule has 0 spiro atoms. The van der Waals surface area contributed by atoms with Crippen molar-refractivity contribution in [2.45, 2.75) is 81.0 Å². The van der Waals surface area contributed by atoms with E-state index in [0.717, 1.165) is 30.0 Å². The average molecular weight is 628 g/mol. The Labute approximate surface area is 242 Å². The highest BCUT2D eigenvalue weighted by atomic mass is 19.4. The Morgan fingerprint density at radius 3 is 2.47 bits per heavy atom. The molecule has 8 N–H and O–H groups in total. The van der Waals surface area contributed by atoms with Crippen LogP contribution in [-0.2, 0) is 23.8 Å². The third-order valence-corrected chi connectivity index (χ3v) is 7.06. The van der Waals surface area contributed by atoms with E-state index in [1.54, 1.807) is 0 Å². The normalized spacial score (nSPS) is 29.9. The summed E-state index contributed by atoms with van der Waals surface area (Å²) in [4.78, 5) is 48.2. The molecule has 0 saturated carbocycles. The number of hydrogen-bond donors (Lipinski definition) is 7. The molecule has 0 aromatic carbocycles. The lowest BCUT2D eigenvalue weighted by Crippen LogP contribution is -2.44. The molecular weight excluding hydrogens is 591 g/mol. The van der Waals surface area contributed by atoms with Gasteiger partial charge in [0.15, 0.2) is 12.5 Å². The number of H-pyrrole nitrogens is 1. The summed E-state index contributed by atoms with van der Waals surface area (Å²) in [6.45, 7) is 2.22. The van der Waals surface area contributed by atoms with Gasteiger partial charge in [-0.1, -0.05) is 0 Å². The van der Waals surface area contributed by atoms with Gasteiger partial charge in [-0.15, -0.1) is 0 Å². The van der Waals surface area contributed by atoms with Gasteiger partial charge in [0.1, 0.15) is 24.4 Å². The molecule has 19 heteroatoms. The number of aliphatic hydroxyl groups excluding tert-OH is 3. The minimum absolute atomic E-state index is 0.00787. The molecule has 16 nitrogen and oxygen atoms in total. The molecule has 3 aliphatic heterocycles. The molecule has 1 amide bonds. The van der Waals surface area contributed by atoms with E-state index < -0.39 is 72.5 Å². The number of aromatic amines is 1. The lowest BCUT2D eigenvalue weighted by atomic mass is 10.1. The minimum atomic E-state index is -5.08. The maximum atomic E-state index is 12.2. The summed E-state index contributed by atoms with van der Waals surface area (Å²) in [5.74, 6) is -2.60. The topological polar surface area (TPSA) is 239 Å². The van der Waals surface area contributed by atoms with Gasteiger partial charge in [-0.3, -0.25) is 19.1 Å². The fourth-order valence-corrected chi connectivity index (χ4v) is 4.84. The number of aromatic nitrogens is 2. The van der Waals surface area contributed by atoms with E-state index >= 15 is 0 Å². The average Bonchev–Trinajstić information content (AvgIpc) is 3.60. The zero-order valence-corrected chi connectivity index (χ0v) is 22.9. The van der Waals surface area contributed by atoms with E-state index in [-0.39, 0.29) is 25.4 Å². The highest BCUT2D eigenvalue weighted by Crippen LogP contribution is 2.32. The molecule has 43 heavy (non-hydrogen) atoms. The van der Waals surface area contributed by atoms with Crippen LogP contribution < -0.4 is 22.3 Å². The highest BCUT2D eigenvalue weighted by molar-refractivity contribution is 5.78. The van der Waals surface area contributed by atoms with Crippen LogP contribution in [0.2, 0.25) is 0 Å². The zero-order valence-electron chi connectivity index (χ0n) is 22.9. The number of aliphatic hydroxyl groups is 3. The lowest BCUT2D eigenvalue weighted by Gasteiger charge is -2.28. The van der Waals surface area contributed by atoms with Crippen LogP contribution in [0.3, 0.4) is 0 Å². The van der Waals surface area contributed by atoms with Crippen LogP contribution in [0.25, 0.3) is 0 Å². The van der Waals surface area contributed by atoms with Crippen molar-refractivity contribution in [3.05, 3.63) is 33.1 Å². The second kappa shape index (κ2) is 15.2. The third kappa shape index (κ3) is 9.29. The summed E-state index contributed by atoms with van der Waals surface area (Å²) in [5.41, 5.74) is 4.31. The van der Waals surface area contributed by atoms with E-state index in [1.165, 1.54) is 6.20 Å². The van der Waals surface area contributed by atoms with Crippen LogP contribution in [0.1, 0.15) is 31.9 Å². The van der Waals surface area contributed by atoms with Crippen molar-refractivity contribution in [1.82, 2.24) is 19.8 Å². The Morgan fingerprint density at radius 1 is 1.21 bits per heavy atom. The van der Waals surface area contributed by atoms with Gasteiger partial charge in [0.25, 0.3) is 5.56 Å². The van der Waals surface area contributed by atoms with E-state index in [1.807, 2.05) is 4.90 Å². The lowest BCUT2D eigenvalue weighted by molar-refractivity contribution is -0.213. The van der Waals surface area contributed by atoms with Crippen LogP contribution in [0, 0.1) is 0 Å². The Morgan fingerprint density at radius 2 is 1.91 bits per heavy atom. The van der Waals surface area contributed by atoms with Crippen molar-refractivity contribution in [3.63, 3.8) is 0 Å². The first-order chi connectivity index (χ1) is 20.2. The van der Waals surface area contributed by atoms with Crippen molar-refractivity contribution >= 4 is 11.9 Å². The number of carbonyl (C=O) groups is 2. The van der Waals surface area contributed by atoms with Gasteiger partial charge in [0, 0.05) is 51.3 Å². The summed E-state index contributed by atoms with van der Waals surface area (Å²) >= 11 is 0. The summed E-state index contributed by atoms with van der Waals surface area (Å²) in [6, 6.07) is 1.16. The number of carboxylic acids is 1. The standard InChI is InChI=1S/C22H35N5O9.C2HF3O2/c23-10-14-18(31)19(32)21(35-14)36-15(11-24-5-2-7-26-6-1-3-17(26)30)13-9-12(28)20(34-13)27-8-4-16(29)25-22(27)33;3-2(4,5)1(6)7/h4,8,12-15,18-21,24,28,31-32H,1-3,5-7,9-11,23H2,(H,25,29,33);(H,6,7)/t12-,13+,14-,15+,18-,19-,20-,21+;/m1./s1. The number of alkyl halides is 3. The summed E-state index contributed by atoms with van der Waals surface area (Å²) < 4.78 is 50.4. The van der Waals surface area contributed by atoms with Crippen LogP contribution in [0.4, 0.5) is 13.2 Å². The maximum absolute atomic E-state index is 12.2. The fraction of sp³-hybridized carbons (Fsp3) is 0.750. The Balaban J connectivity index is 0.000000646. The summed E-state index contributed by atoms with van der Waals surface area (Å²) in [7, 11) is 0. The number of nitrogens with one attached hydrogen (secondary N) is 2. The van der Waals surface area contributed by atoms with Crippen molar-refractivity contribution in [3.8, 4) is 0 Å². The van der Waals surface area contributed by atoms with Crippen molar-refractivity contribution in [2.75, 3.05) is 32.7 Å². The van der Waals surface area contributed by atoms with E-state index in [4.69, 9.17) is 29.8 Å². The number of carboxylic acid groups (broad SMARTS) is 1. The van der Waals surface area contributed by atoms with Crippen molar-refractivity contribution in [1.29, 1.82) is 0 Å². The molecule has 0 unspecified atom stereocenters. The number of carbonyl (C=O) groups excluding carboxylic acids is 1. The zero-order chi connectivity index (χ0) is 31.9. The Kier molecular flexibility index (Phi) is 12.2. The molecule has 1 aromatic rings. The Hall–Kier alpha value is -2.91.